The summed E-state index contributed by atoms with van der Waals surface area (Å²) in [6.07, 6.45) is 0. The van der Waals surface area contributed by atoms with E-state index in [0.29, 0.717) is 5.02 Å². The smallest absolute Gasteiger partial charge is 0.261 e. The number of nitrogens with one attached hydrogen (secondary N) is 1. The first-order valence-corrected chi connectivity index (χ1v) is 8.35. The monoisotopic (exact) mass is 344 g/mol. The SMILES string of the molecule is Cc1ccc(S(=O)(=O)Nc2cc(Cl)ccc2Cl)cc1CN. The molecule has 2 aromatic rings. The van der Waals surface area contributed by atoms with E-state index in [2.05, 4.69) is 4.72 Å². The number of hydrogen-bond acceptors (Lipinski definition) is 3. The second kappa shape index (κ2) is 6.23. The molecular formula is C14H14Cl2N2O2S. The minimum absolute atomic E-state index is 0.129. The lowest BCUT2D eigenvalue weighted by Gasteiger charge is -2.12. The van der Waals surface area contributed by atoms with Crippen LogP contribution in [-0.4, -0.2) is 8.42 Å². The first kappa shape index (κ1) is 16.1. The Morgan fingerprint density at radius 2 is 1.86 bits per heavy atom. The zero-order valence-corrected chi connectivity index (χ0v) is 13.6. The summed E-state index contributed by atoms with van der Waals surface area (Å²) in [4.78, 5) is 0.129. The molecule has 0 bridgehead atoms. The molecule has 3 N–H and O–H groups in total. The third kappa shape index (κ3) is 3.68. The Hall–Kier alpha value is -1.27. The summed E-state index contributed by atoms with van der Waals surface area (Å²) in [6.45, 7) is 2.15. The molecule has 21 heavy (non-hydrogen) atoms. The van der Waals surface area contributed by atoms with Gasteiger partial charge in [-0.15, -0.1) is 0 Å². The van der Waals surface area contributed by atoms with Gasteiger partial charge in [0.2, 0.25) is 0 Å². The third-order valence-electron chi connectivity index (χ3n) is 3.02. The van der Waals surface area contributed by atoms with Crippen molar-refractivity contribution in [2.45, 2.75) is 18.4 Å². The summed E-state index contributed by atoms with van der Waals surface area (Å²) < 4.78 is 27.2. The zero-order chi connectivity index (χ0) is 15.6. The quantitative estimate of drug-likeness (QED) is 0.890. The molecule has 0 aliphatic rings. The molecule has 0 aliphatic carbocycles. The molecule has 2 aromatic carbocycles. The maximum absolute atomic E-state index is 12.4. The fourth-order valence-corrected chi connectivity index (χ4v) is 3.33. The van der Waals surface area contributed by atoms with E-state index in [9.17, 15) is 8.42 Å². The summed E-state index contributed by atoms with van der Waals surface area (Å²) in [5.74, 6) is 0. The predicted octanol–water partition coefficient (Wildman–Crippen LogP) is 3.56. The van der Waals surface area contributed by atoms with E-state index in [4.69, 9.17) is 28.9 Å². The van der Waals surface area contributed by atoms with Gasteiger partial charge >= 0.3 is 0 Å². The van der Waals surface area contributed by atoms with Gasteiger partial charge in [0, 0.05) is 11.6 Å². The Labute approximate surface area is 133 Å². The minimum atomic E-state index is -3.75. The number of anilines is 1. The molecule has 0 heterocycles. The highest BCUT2D eigenvalue weighted by Gasteiger charge is 2.17. The van der Waals surface area contributed by atoms with Gasteiger partial charge in [0.25, 0.3) is 10.0 Å². The molecule has 0 saturated heterocycles. The second-order valence-corrected chi connectivity index (χ2v) is 7.05. The van der Waals surface area contributed by atoms with Gasteiger partial charge in [-0.2, -0.15) is 0 Å². The van der Waals surface area contributed by atoms with E-state index in [0.717, 1.165) is 11.1 Å². The predicted molar refractivity (Wildman–Crippen MR) is 86.3 cm³/mol. The Bertz CT molecular complexity index is 777. The molecule has 7 heteroatoms. The fraction of sp³-hybridized carbons (Fsp3) is 0.143. The van der Waals surface area contributed by atoms with Crippen LogP contribution in [0.4, 0.5) is 5.69 Å². The molecule has 0 saturated carbocycles. The minimum Gasteiger partial charge on any atom is -0.326 e. The standard InChI is InChI=1S/C14H14Cl2N2O2S/c1-9-2-4-12(6-10(9)8-17)21(19,20)18-14-7-11(15)3-5-13(14)16/h2-7,18H,8,17H2,1H3. The van der Waals surface area contributed by atoms with E-state index in [-0.39, 0.29) is 22.2 Å². The van der Waals surface area contributed by atoms with Gasteiger partial charge in [0.15, 0.2) is 0 Å². The number of rotatable bonds is 4. The fourth-order valence-electron chi connectivity index (χ4n) is 1.81. The van der Waals surface area contributed by atoms with Crippen LogP contribution < -0.4 is 10.5 Å². The Morgan fingerprint density at radius 1 is 1.14 bits per heavy atom. The molecule has 4 nitrogen and oxygen atoms in total. The maximum Gasteiger partial charge on any atom is 0.261 e. The molecule has 0 fully saturated rings. The lowest BCUT2D eigenvalue weighted by atomic mass is 10.1. The number of sulfonamides is 1. The summed E-state index contributed by atoms with van der Waals surface area (Å²) in [5, 5.41) is 0.665. The van der Waals surface area contributed by atoms with E-state index < -0.39 is 10.0 Å². The van der Waals surface area contributed by atoms with Crippen molar-refractivity contribution >= 4 is 38.9 Å². The van der Waals surface area contributed by atoms with Crippen molar-refractivity contribution in [2.75, 3.05) is 4.72 Å². The average Bonchev–Trinajstić information content (AvgIpc) is 2.43. The highest BCUT2D eigenvalue weighted by molar-refractivity contribution is 7.92. The Morgan fingerprint density at radius 3 is 2.52 bits per heavy atom. The topological polar surface area (TPSA) is 72.2 Å². The molecule has 0 radical (unpaired) electrons. The molecule has 112 valence electrons. The van der Waals surface area contributed by atoms with Crippen LogP contribution in [0.15, 0.2) is 41.3 Å². The lowest BCUT2D eigenvalue weighted by Crippen LogP contribution is -2.14. The normalized spacial score (nSPS) is 11.4. The Balaban J connectivity index is 2.41. The molecule has 0 spiro atoms. The first-order valence-electron chi connectivity index (χ1n) is 6.11. The van der Waals surface area contributed by atoms with Gasteiger partial charge in [-0.3, -0.25) is 4.72 Å². The molecule has 0 atom stereocenters. The van der Waals surface area contributed by atoms with Gasteiger partial charge in [-0.05, 0) is 48.4 Å². The highest BCUT2D eigenvalue weighted by Crippen LogP contribution is 2.28. The van der Waals surface area contributed by atoms with Crippen molar-refractivity contribution in [1.29, 1.82) is 0 Å². The number of halogens is 2. The number of hydrogen-bond donors (Lipinski definition) is 2. The molecule has 2 rings (SSSR count). The first-order chi connectivity index (χ1) is 9.83. The van der Waals surface area contributed by atoms with Crippen molar-refractivity contribution in [3.8, 4) is 0 Å². The van der Waals surface area contributed by atoms with Crippen LogP contribution in [0.1, 0.15) is 11.1 Å². The second-order valence-electron chi connectivity index (χ2n) is 4.52. The molecule has 0 amide bonds. The third-order valence-corrected chi connectivity index (χ3v) is 4.95. The van der Waals surface area contributed by atoms with Gasteiger partial charge in [0.05, 0.1) is 15.6 Å². The van der Waals surface area contributed by atoms with Gasteiger partial charge in [-0.25, -0.2) is 8.42 Å². The summed E-state index contributed by atoms with van der Waals surface area (Å²) in [6, 6.07) is 9.36. The van der Waals surface area contributed by atoms with E-state index in [1.54, 1.807) is 18.2 Å². The Kier molecular flexibility index (Phi) is 4.78. The van der Waals surface area contributed by atoms with Crippen molar-refractivity contribution in [2.24, 2.45) is 5.73 Å². The lowest BCUT2D eigenvalue weighted by molar-refractivity contribution is 0.601. The highest BCUT2D eigenvalue weighted by atomic mass is 35.5. The van der Waals surface area contributed by atoms with Crippen molar-refractivity contribution in [3.63, 3.8) is 0 Å². The van der Waals surface area contributed by atoms with Crippen molar-refractivity contribution in [3.05, 3.63) is 57.6 Å². The van der Waals surface area contributed by atoms with Gasteiger partial charge in [0.1, 0.15) is 0 Å². The number of aryl methyl sites for hydroxylation is 1. The van der Waals surface area contributed by atoms with Crippen LogP contribution in [0.3, 0.4) is 0 Å². The maximum atomic E-state index is 12.4. The number of benzene rings is 2. The van der Waals surface area contributed by atoms with Gasteiger partial charge < -0.3 is 5.73 Å². The van der Waals surface area contributed by atoms with Crippen molar-refractivity contribution in [1.82, 2.24) is 0 Å². The largest absolute Gasteiger partial charge is 0.326 e. The summed E-state index contributed by atoms with van der Waals surface area (Å²) in [7, 11) is -3.75. The van der Waals surface area contributed by atoms with Crippen LogP contribution in [0.25, 0.3) is 0 Å². The zero-order valence-electron chi connectivity index (χ0n) is 11.2. The average molecular weight is 345 g/mol. The molecule has 0 aliphatic heterocycles. The molecular weight excluding hydrogens is 331 g/mol. The van der Waals surface area contributed by atoms with Crippen LogP contribution >= 0.6 is 23.2 Å². The van der Waals surface area contributed by atoms with Crippen LogP contribution in [0.2, 0.25) is 10.0 Å². The van der Waals surface area contributed by atoms with Crippen LogP contribution in [-0.2, 0) is 16.6 Å². The molecule has 0 aromatic heterocycles. The van der Waals surface area contributed by atoms with E-state index in [1.807, 2.05) is 6.92 Å². The van der Waals surface area contributed by atoms with E-state index in [1.165, 1.54) is 18.2 Å². The number of nitrogens with two attached hydrogens (primary N) is 1. The van der Waals surface area contributed by atoms with Crippen LogP contribution in [0, 0.1) is 6.92 Å². The summed E-state index contributed by atoms with van der Waals surface area (Å²) in [5.41, 5.74) is 7.56. The van der Waals surface area contributed by atoms with Gasteiger partial charge in [-0.1, -0.05) is 29.3 Å². The van der Waals surface area contributed by atoms with Crippen molar-refractivity contribution < 1.29 is 8.42 Å². The van der Waals surface area contributed by atoms with Crippen LogP contribution in [0.5, 0.6) is 0 Å². The summed E-state index contributed by atoms with van der Waals surface area (Å²) >= 11 is 11.8. The van der Waals surface area contributed by atoms with E-state index >= 15 is 0 Å². The molecule has 0 unspecified atom stereocenters.